The number of aromatic nitrogens is 3. The lowest BCUT2D eigenvalue weighted by Gasteiger charge is -2.45. The lowest BCUT2D eigenvalue weighted by atomic mass is 9.88. The third-order valence-corrected chi connectivity index (χ3v) is 6.94. The minimum Gasteiger partial charge on any atom is -0.376 e. The summed E-state index contributed by atoms with van der Waals surface area (Å²) in [4.78, 5) is 24.2. The maximum Gasteiger partial charge on any atom is 0.251 e. The number of hydrogen-bond donors (Lipinski definition) is 1. The molecule has 5 heterocycles. The van der Waals surface area contributed by atoms with E-state index < -0.39 is 11.7 Å². The van der Waals surface area contributed by atoms with Gasteiger partial charge < -0.3 is 19.4 Å². The molecule has 0 aromatic carbocycles. The number of thiazole rings is 1. The van der Waals surface area contributed by atoms with Crippen molar-refractivity contribution in [3.63, 3.8) is 0 Å². The third-order valence-electron chi connectivity index (χ3n) is 6.18. The summed E-state index contributed by atoms with van der Waals surface area (Å²) in [5.74, 6) is 0.902. The van der Waals surface area contributed by atoms with E-state index in [4.69, 9.17) is 9.47 Å². The van der Waals surface area contributed by atoms with Crippen molar-refractivity contribution in [2.45, 2.75) is 56.6 Å². The van der Waals surface area contributed by atoms with Crippen molar-refractivity contribution in [2.24, 2.45) is 0 Å². The summed E-state index contributed by atoms with van der Waals surface area (Å²) in [6.45, 7) is 4.53. The fourth-order valence-electron chi connectivity index (χ4n) is 4.60. The normalized spacial score (nSPS) is 26.5. The van der Waals surface area contributed by atoms with Gasteiger partial charge in [-0.15, -0.1) is 11.3 Å². The van der Waals surface area contributed by atoms with E-state index in [1.54, 1.807) is 11.3 Å². The number of carbonyl (C=O) groups excluding carboxylic acids is 1. The number of imidazole rings is 1. The van der Waals surface area contributed by atoms with Gasteiger partial charge in [0.15, 0.2) is 6.10 Å². The second-order valence-corrected chi connectivity index (χ2v) is 9.07. The van der Waals surface area contributed by atoms with E-state index in [-0.39, 0.29) is 12.0 Å². The van der Waals surface area contributed by atoms with Gasteiger partial charge in [0, 0.05) is 50.2 Å². The van der Waals surface area contributed by atoms with Crippen molar-refractivity contribution in [3.05, 3.63) is 34.8 Å². The van der Waals surface area contributed by atoms with Crippen molar-refractivity contribution < 1.29 is 14.3 Å². The summed E-state index contributed by atoms with van der Waals surface area (Å²) in [6.07, 6.45) is 8.99. The van der Waals surface area contributed by atoms with Crippen LogP contribution in [0, 0.1) is 0 Å². The van der Waals surface area contributed by atoms with Crippen LogP contribution in [0.3, 0.4) is 0 Å². The van der Waals surface area contributed by atoms with Gasteiger partial charge in [-0.2, -0.15) is 0 Å². The SMILES string of the molecule is O=C(NC[C@H]1CCCO1)[C@H]1Cn2ccnc2C2(CCN(Cc3nccs3)CC2)O1. The molecular weight excluding hydrogens is 390 g/mol. The van der Waals surface area contributed by atoms with E-state index >= 15 is 0 Å². The number of nitrogens with zero attached hydrogens (tertiary/aromatic N) is 4. The number of hydrogen-bond acceptors (Lipinski definition) is 7. The predicted octanol–water partition coefficient (Wildman–Crippen LogP) is 1.52. The molecule has 0 aliphatic carbocycles. The zero-order chi connectivity index (χ0) is 19.7. The van der Waals surface area contributed by atoms with Crippen molar-refractivity contribution in [2.75, 3.05) is 26.2 Å². The van der Waals surface area contributed by atoms with Crippen LogP contribution in [-0.2, 0) is 33.0 Å². The van der Waals surface area contributed by atoms with E-state index in [0.29, 0.717) is 13.1 Å². The first-order chi connectivity index (χ1) is 14.2. The molecule has 1 spiro atoms. The summed E-state index contributed by atoms with van der Waals surface area (Å²) in [7, 11) is 0. The fourth-order valence-corrected chi connectivity index (χ4v) is 5.26. The molecule has 2 atom stereocenters. The summed E-state index contributed by atoms with van der Waals surface area (Å²) >= 11 is 1.69. The molecule has 9 heteroatoms. The molecule has 2 fully saturated rings. The molecule has 1 N–H and O–H groups in total. The average molecular weight is 418 g/mol. The van der Waals surface area contributed by atoms with Crippen LogP contribution in [0.5, 0.6) is 0 Å². The number of fused-ring (bicyclic) bond motifs is 2. The van der Waals surface area contributed by atoms with Gasteiger partial charge in [-0.25, -0.2) is 9.97 Å². The molecule has 5 rings (SSSR count). The van der Waals surface area contributed by atoms with E-state index in [1.165, 1.54) is 0 Å². The topological polar surface area (TPSA) is 81.5 Å². The molecule has 0 unspecified atom stereocenters. The van der Waals surface area contributed by atoms with Crippen molar-refractivity contribution in [1.82, 2.24) is 24.8 Å². The zero-order valence-electron chi connectivity index (χ0n) is 16.5. The van der Waals surface area contributed by atoms with Gasteiger partial charge in [-0.05, 0) is 25.7 Å². The number of amides is 1. The molecule has 1 amide bonds. The van der Waals surface area contributed by atoms with Crippen LogP contribution in [0.25, 0.3) is 0 Å². The molecule has 2 aromatic heterocycles. The molecule has 3 aliphatic heterocycles. The number of nitrogens with one attached hydrogen (secondary N) is 1. The minimum atomic E-state index is -0.497. The van der Waals surface area contributed by atoms with Crippen LogP contribution >= 0.6 is 11.3 Å². The predicted molar refractivity (Wildman–Crippen MR) is 107 cm³/mol. The molecule has 0 radical (unpaired) electrons. The Kier molecular flexibility index (Phi) is 5.38. The first kappa shape index (κ1) is 19.2. The van der Waals surface area contributed by atoms with Crippen LogP contribution in [-0.4, -0.2) is 63.8 Å². The Morgan fingerprint density at radius 3 is 2.97 bits per heavy atom. The lowest BCUT2D eigenvalue weighted by Crippen LogP contribution is -2.54. The second kappa shape index (κ2) is 8.14. The summed E-state index contributed by atoms with van der Waals surface area (Å²) in [5, 5.41) is 6.19. The van der Waals surface area contributed by atoms with Gasteiger partial charge in [-0.3, -0.25) is 9.69 Å². The van der Waals surface area contributed by atoms with Crippen molar-refractivity contribution in [1.29, 1.82) is 0 Å². The van der Waals surface area contributed by atoms with Gasteiger partial charge in [-0.1, -0.05) is 0 Å². The molecule has 2 aromatic rings. The maximum atomic E-state index is 12.8. The van der Waals surface area contributed by atoms with Crippen LogP contribution < -0.4 is 5.32 Å². The van der Waals surface area contributed by atoms with Gasteiger partial charge in [0.05, 0.1) is 19.2 Å². The fraction of sp³-hybridized carbons (Fsp3) is 0.650. The number of ether oxygens (including phenoxy) is 2. The summed E-state index contributed by atoms with van der Waals surface area (Å²) in [5.41, 5.74) is -0.493. The second-order valence-electron chi connectivity index (χ2n) is 8.09. The Morgan fingerprint density at radius 2 is 2.21 bits per heavy atom. The first-order valence-electron chi connectivity index (χ1n) is 10.4. The smallest absolute Gasteiger partial charge is 0.251 e. The molecule has 8 nitrogen and oxygen atoms in total. The summed E-state index contributed by atoms with van der Waals surface area (Å²) in [6, 6.07) is 0. The van der Waals surface area contributed by atoms with Crippen molar-refractivity contribution in [3.8, 4) is 0 Å². The number of rotatable bonds is 5. The maximum absolute atomic E-state index is 12.8. The van der Waals surface area contributed by atoms with Gasteiger partial charge in [0.2, 0.25) is 0 Å². The number of carbonyl (C=O) groups is 1. The van der Waals surface area contributed by atoms with E-state index in [2.05, 4.69) is 24.8 Å². The molecule has 2 saturated heterocycles. The standard InChI is InChI=1S/C20H27N5O3S/c26-18(23-12-15-2-1-10-27-15)16-13-25-9-5-22-19(25)20(28-16)3-7-24(8-4-20)14-17-21-6-11-29-17/h5-6,9,11,15-16H,1-4,7-8,10,12-14H2,(H,23,26)/t15-,16-/m1/s1. The minimum absolute atomic E-state index is 0.0514. The molecule has 29 heavy (non-hydrogen) atoms. The van der Waals surface area contributed by atoms with Crippen LogP contribution in [0.15, 0.2) is 24.0 Å². The molecule has 0 bridgehead atoms. The first-order valence-corrected chi connectivity index (χ1v) is 11.3. The van der Waals surface area contributed by atoms with Gasteiger partial charge in [0.25, 0.3) is 5.91 Å². The third kappa shape index (κ3) is 3.96. The number of likely N-dealkylation sites (tertiary alicyclic amines) is 1. The Hall–Kier alpha value is -1.81. The average Bonchev–Trinajstić information content (AvgIpc) is 3.50. The van der Waals surface area contributed by atoms with E-state index in [9.17, 15) is 4.79 Å². The highest BCUT2D eigenvalue weighted by atomic mass is 32.1. The Morgan fingerprint density at radius 1 is 1.31 bits per heavy atom. The van der Waals surface area contributed by atoms with Crippen LogP contribution in [0.2, 0.25) is 0 Å². The van der Waals surface area contributed by atoms with Crippen molar-refractivity contribution >= 4 is 17.2 Å². The molecule has 156 valence electrons. The highest BCUT2D eigenvalue weighted by molar-refractivity contribution is 7.09. The molecule has 0 saturated carbocycles. The Bertz CT molecular complexity index is 825. The Balaban J connectivity index is 1.25. The highest BCUT2D eigenvalue weighted by Gasteiger charge is 2.47. The van der Waals surface area contributed by atoms with E-state index in [0.717, 1.165) is 62.8 Å². The zero-order valence-corrected chi connectivity index (χ0v) is 17.3. The number of piperidine rings is 1. The molecule has 3 aliphatic rings. The van der Waals surface area contributed by atoms with Gasteiger partial charge >= 0.3 is 0 Å². The highest BCUT2D eigenvalue weighted by Crippen LogP contribution is 2.40. The summed E-state index contributed by atoms with van der Waals surface area (Å²) < 4.78 is 14.2. The van der Waals surface area contributed by atoms with E-state index in [1.807, 2.05) is 24.0 Å². The monoisotopic (exact) mass is 417 g/mol. The molecular formula is C20H27N5O3S. The van der Waals surface area contributed by atoms with Crippen LogP contribution in [0.4, 0.5) is 0 Å². The van der Waals surface area contributed by atoms with Gasteiger partial charge in [0.1, 0.15) is 16.4 Å². The quantitative estimate of drug-likeness (QED) is 0.795. The Labute approximate surface area is 174 Å². The largest absolute Gasteiger partial charge is 0.376 e. The lowest BCUT2D eigenvalue weighted by molar-refractivity contribution is -0.174. The van der Waals surface area contributed by atoms with Crippen LogP contribution in [0.1, 0.15) is 36.5 Å².